The molecule has 0 heterocycles. The normalized spacial score (nSPS) is 11.5. The second-order valence-corrected chi connectivity index (χ2v) is 8.45. The summed E-state index contributed by atoms with van der Waals surface area (Å²) in [5.41, 5.74) is 3.55. The van der Waals surface area contributed by atoms with E-state index in [9.17, 15) is 28.1 Å². The highest BCUT2D eigenvalue weighted by atomic mass is 32.2. The van der Waals surface area contributed by atoms with Crippen molar-refractivity contribution in [3.8, 4) is 0 Å². The van der Waals surface area contributed by atoms with Gasteiger partial charge in [-0.15, -0.1) is 0 Å². The van der Waals surface area contributed by atoms with E-state index in [2.05, 4.69) is 15.8 Å². The molecule has 2 aromatic rings. The van der Waals surface area contributed by atoms with E-state index in [1.165, 1.54) is 25.1 Å². The second kappa shape index (κ2) is 9.80. The summed E-state index contributed by atoms with van der Waals surface area (Å²) in [4.78, 5) is 33.8. The summed E-state index contributed by atoms with van der Waals surface area (Å²) >= 11 is 0. The van der Waals surface area contributed by atoms with Gasteiger partial charge in [0.2, 0.25) is 15.9 Å². The minimum atomic E-state index is -3.90. The van der Waals surface area contributed by atoms with E-state index in [4.69, 9.17) is 0 Å². The standard InChI is InChI=1S/C19H21N5O6S/c1-13(15-6-4-7-16(10-15)20-14(2)25)21-22-19(26)12-23(31(3,29)30)17-8-5-9-18(11-17)24(27)28/h4-11H,12H2,1-3H3,(H,20,25)(H,22,26)/b21-13-. The predicted octanol–water partition coefficient (Wildman–Crippen LogP) is 1.86. The number of sulfonamides is 1. The SMILES string of the molecule is CC(=O)Nc1cccc(/C(C)=N\NC(=O)CN(c2cccc([N+](=O)[O-])c2)S(C)(=O)=O)c1. The van der Waals surface area contributed by atoms with Crippen molar-refractivity contribution in [2.45, 2.75) is 13.8 Å². The molecule has 0 saturated heterocycles. The maximum absolute atomic E-state index is 12.3. The van der Waals surface area contributed by atoms with Crippen molar-refractivity contribution in [2.24, 2.45) is 5.10 Å². The van der Waals surface area contributed by atoms with E-state index in [0.717, 1.165) is 16.6 Å². The first kappa shape index (κ1) is 23.5. The van der Waals surface area contributed by atoms with Gasteiger partial charge in [0.25, 0.3) is 11.6 Å². The third-order valence-corrected chi connectivity index (χ3v) is 5.11. The summed E-state index contributed by atoms with van der Waals surface area (Å²) in [5, 5.41) is 17.6. The lowest BCUT2D eigenvalue weighted by Gasteiger charge is -2.21. The van der Waals surface area contributed by atoms with E-state index in [0.29, 0.717) is 17.0 Å². The van der Waals surface area contributed by atoms with Gasteiger partial charge in [0.1, 0.15) is 6.54 Å². The maximum Gasteiger partial charge on any atom is 0.271 e. The molecule has 0 aliphatic carbocycles. The van der Waals surface area contributed by atoms with Crippen molar-refractivity contribution in [1.82, 2.24) is 5.43 Å². The van der Waals surface area contributed by atoms with Gasteiger partial charge in [0.05, 0.1) is 22.6 Å². The number of carbonyl (C=O) groups is 2. The number of nitro benzene ring substituents is 1. The minimum Gasteiger partial charge on any atom is -0.326 e. The summed E-state index contributed by atoms with van der Waals surface area (Å²) in [7, 11) is -3.90. The fourth-order valence-corrected chi connectivity index (χ4v) is 3.41. The number of hydrogen-bond donors (Lipinski definition) is 2. The molecule has 0 radical (unpaired) electrons. The van der Waals surface area contributed by atoms with Crippen molar-refractivity contribution in [3.63, 3.8) is 0 Å². The summed E-state index contributed by atoms with van der Waals surface area (Å²) < 4.78 is 25.0. The van der Waals surface area contributed by atoms with Crippen molar-refractivity contribution in [1.29, 1.82) is 0 Å². The molecular weight excluding hydrogens is 426 g/mol. The Bertz CT molecular complexity index is 1150. The number of hydrogen-bond acceptors (Lipinski definition) is 7. The van der Waals surface area contributed by atoms with E-state index in [1.807, 2.05) is 0 Å². The van der Waals surface area contributed by atoms with E-state index in [-0.39, 0.29) is 17.3 Å². The highest BCUT2D eigenvalue weighted by Crippen LogP contribution is 2.23. The average molecular weight is 447 g/mol. The highest BCUT2D eigenvalue weighted by molar-refractivity contribution is 7.92. The highest BCUT2D eigenvalue weighted by Gasteiger charge is 2.22. The van der Waals surface area contributed by atoms with Gasteiger partial charge >= 0.3 is 0 Å². The molecule has 12 heteroatoms. The molecule has 0 spiro atoms. The van der Waals surface area contributed by atoms with Crippen LogP contribution in [-0.2, 0) is 19.6 Å². The number of nitro groups is 1. The Morgan fingerprint density at radius 3 is 2.42 bits per heavy atom. The first-order valence-electron chi connectivity index (χ1n) is 8.90. The van der Waals surface area contributed by atoms with Crippen LogP contribution in [0.3, 0.4) is 0 Å². The van der Waals surface area contributed by atoms with Crippen LogP contribution in [0.1, 0.15) is 19.4 Å². The lowest BCUT2D eigenvalue weighted by molar-refractivity contribution is -0.384. The molecular formula is C19H21N5O6S. The Morgan fingerprint density at radius 2 is 1.81 bits per heavy atom. The zero-order chi connectivity index (χ0) is 23.2. The van der Waals surface area contributed by atoms with Crippen LogP contribution in [-0.4, -0.2) is 43.7 Å². The Kier molecular flexibility index (Phi) is 7.42. The third kappa shape index (κ3) is 6.89. The van der Waals surface area contributed by atoms with Gasteiger partial charge in [-0.05, 0) is 30.7 Å². The monoisotopic (exact) mass is 447 g/mol. The molecule has 0 aliphatic rings. The van der Waals surface area contributed by atoms with Crippen LogP contribution in [0.4, 0.5) is 17.1 Å². The predicted molar refractivity (Wildman–Crippen MR) is 116 cm³/mol. The van der Waals surface area contributed by atoms with Gasteiger partial charge < -0.3 is 5.32 Å². The maximum atomic E-state index is 12.3. The van der Waals surface area contributed by atoms with Crippen LogP contribution in [0.25, 0.3) is 0 Å². The van der Waals surface area contributed by atoms with Crippen molar-refractivity contribution in [2.75, 3.05) is 22.4 Å². The molecule has 0 unspecified atom stereocenters. The lowest BCUT2D eigenvalue weighted by atomic mass is 10.1. The number of non-ortho nitro benzene ring substituents is 1. The number of benzene rings is 2. The Labute approximate surface area is 179 Å². The van der Waals surface area contributed by atoms with Crippen molar-refractivity contribution < 1.29 is 22.9 Å². The topological polar surface area (TPSA) is 151 Å². The molecule has 0 aromatic heterocycles. The van der Waals surface area contributed by atoms with E-state index < -0.39 is 27.4 Å². The van der Waals surface area contributed by atoms with Gasteiger partial charge in [-0.1, -0.05) is 18.2 Å². The molecule has 2 rings (SSSR count). The van der Waals surface area contributed by atoms with Gasteiger partial charge in [-0.3, -0.25) is 24.0 Å². The summed E-state index contributed by atoms with van der Waals surface area (Å²) in [6.07, 6.45) is 0.890. The van der Waals surface area contributed by atoms with Crippen molar-refractivity contribution in [3.05, 3.63) is 64.2 Å². The van der Waals surface area contributed by atoms with Crippen LogP contribution >= 0.6 is 0 Å². The number of amides is 2. The second-order valence-electron chi connectivity index (χ2n) is 6.54. The van der Waals surface area contributed by atoms with Crippen LogP contribution in [0.15, 0.2) is 53.6 Å². The molecule has 2 N–H and O–H groups in total. The van der Waals surface area contributed by atoms with E-state index in [1.54, 1.807) is 31.2 Å². The third-order valence-electron chi connectivity index (χ3n) is 3.97. The van der Waals surface area contributed by atoms with E-state index >= 15 is 0 Å². The number of anilines is 2. The Morgan fingerprint density at radius 1 is 1.13 bits per heavy atom. The molecule has 0 bridgehead atoms. The first-order chi connectivity index (χ1) is 14.5. The molecule has 2 aromatic carbocycles. The molecule has 0 fully saturated rings. The van der Waals surface area contributed by atoms with Crippen LogP contribution in [0, 0.1) is 10.1 Å². The molecule has 2 amide bonds. The Hall–Kier alpha value is -3.80. The molecule has 164 valence electrons. The number of carbonyl (C=O) groups excluding carboxylic acids is 2. The number of hydrazone groups is 1. The van der Waals surface area contributed by atoms with Crippen LogP contribution in [0.2, 0.25) is 0 Å². The van der Waals surface area contributed by atoms with Gasteiger partial charge in [0.15, 0.2) is 0 Å². The molecule has 0 aliphatic heterocycles. The minimum absolute atomic E-state index is 0.0180. The zero-order valence-electron chi connectivity index (χ0n) is 17.0. The zero-order valence-corrected chi connectivity index (χ0v) is 17.8. The molecule has 0 atom stereocenters. The van der Waals surface area contributed by atoms with Crippen LogP contribution < -0.4 is 15.0 Å². The molecule has 31 heavy (non-hydrogen) atoms. The number of nitrogens with one attached hydrogen (secondary N) is 2. The molecule has 11 nitrogen and oxygen atoms in total. The molecule has 0 saturated carbocycles. The average Bonchev–Trinajstić information content (AvgIpc) is 2.69. The summed E-state index contributed by atoms with van der Waals surface area (Å²) in [6, 6.07) is 11.7. The fourth-order valence-electron chi connectivity index (χ4n) is 2.56. The smallest absolute Gasteiger partial charge is 0.271 e. The van der Waals surface area contributed by atoms with Crippen LogP contribution in [0.5, 0.6) is 0 Å². The quantitative estimate of drug-likeness (QED) is 0.358. The van der Waals surface area contributed by atoms with Gasteiger partial charge in [-0.2, -0.15) is 5.10 Å². The van der Waals surface area contributed by atoms with Crippen molar-refractivity contribution >= 4 is 44.6 Å². The van der Waals surface area contributed by atoms with Gasteiger partial charge in [-0.25, -0.2) is 13.8 Å². The number of nitrogens with zero attached hydrogens (tertiary/aromatic N) is 3. The fraction of sp³-hybridized carbons (Fsp3) is 0.211. The Balaban J connectivity index is 2.17. The lowest BCUT2D eigenvalue weighted by Crippen LogP contribution is -2.39. The summed E-state index contributed by atoms with van der Waals surface area (Å²) in [6.45, 7) is 2.38. The summed E-state index contributed by atoms with van der Waals surface area (Å²) in [5.74, 6) is -0.976. The van der Waals surface area contributed by atoms with Gasteiger partial charge in [0, 0.05) is 24.7 Å². The number of rotatable bonds is 8. The first-order valence-corrected chi connectivity index (χ1v) is 10.8. The largest absolute Gasteiger partial charge is 0.326 e.